The van der Waals surface area contributed by atoms with Crippen LogP contribution < -0.4 is 10.1 Å². The van der Waals surface area contributed by atoms with Gasteiger partial charge in [-0.3, -0.25) is 9.59 Å². The number of carbonyl (C=O) groups is 3. The Morgan fingerprint density at radius 2 is 2.00 bits per heavy atom. The van der Waals surface area contributed by atoms with Crippen molar-refractivity contribution in [3.05, 3.63) is 52.4 Å². The molecule has 1 heterocycles. The molecule has 0 radical (unpaired) electrons. The third-order valence-electron chi connectivity index (χ3n) is 3.87. The zero-order chi connectivity index (χ0) is 21.4. The van der Waals surface area contributed by atoms with Crippen LogP contribution in [0.2, 0.25) is 0 Å². The van der Waals surface area contributed by atoms with Crippen molar-refractivity contribution < 1.29 is 23.9 Å². The van der Waals surface area contributed by atoms with Gasteiger partial charge in [0.15, 0.2) is 0 Å². The van der Waals surface area contributed by atoms with Crippen LogP contribution in [0, 0.1) is 6.92 Å². The van der Waals surface area contributed by atoms with Gasteiger partial charge in [0.05, 0.1) is 25.8 Å². The fourth-order valence-corrected chi connectivity index (χ4v) is 3.38. The minimum Gasteiger partial charge on any atom is -0.497 e. The second kappa shape index (κ2) is 10.4. The van der Waals surface area contributed by atoms with Crippen molar-refractivity contribution in [3.63, 3.8) is 0 Å². The van der Waals surface area contributed by atoms with Gasteiger partial charge in [-0.2, -0.15) is 0 Å². The molecule has 0 unspecified atom stereocenters. The molecule has 0 atom stereocenters. The average molecular weight is 416 g/mol. The Labute approximate surface area is 173 Å². The third kappa shape index (κ3) is 6.46. The highest BCUT2D eigenvalue weighted by Gasteiger charge is 2.19. The molecule has 1 aromatic heterocycles. The van der Waals surface area contributed by atoms with Crippen molar-refractivity contribution in [2.45, 2.75) is 13.8 Å². The Bertz CT molecular complexity index is 920. The lowest BCUT2D eigenvalue weighted by molar-refractivity contribution is -0.129. The van der Waals surface area contributed by atoms with Crippen LogP contribution in [0.1, 0.15) is 27.7 Å². The fraction of sp³-hybridized carbons (Fsp3) is 0.286. The van der Waals surface area contributed by atoms with Crippen molar-refractivity contribution in [2.24, 2.45) is 0 Å². The van der Waals surface area contributed by atoms with E-state index in [4.69, 9.17) is 9.47 Å². The van der Waals surface area contributed by atoms with Crippen LogP contribution in [0.4, 0.5) is 5.00 Å². The number of hydrogen-bond donors (Lipinski definition) is 1. The van der Waals surface area contributed by atoms with E-state index in [0.717, 1.165) is 10.4 Å². The number of anilines is 1. The Morgan fingerprint density at radius 1 is 1.24 bits per heavy atom. The second-order valence-corrected chi connectivity index (χ2v) is 7.43. The van der Waals surface area contributed by atoms with E-state index in [0.29, 0.717) is 16.3 Å². The first kappa shape index (κ1) is 22.2. The standard InChI is InChI=1S/C21H24N2O5S/c1-5-28-21(26)17-11-14(2)29-20(17)22-18(24)13-23(3)19(25)10-9-15-7-6-8-16(12-15)27-4/h6-12H,5,13H2,1-4H3,(H,22,24)/b10-9+. The van der Waals surface area contributed by atoms with Crippen LogP contribution in [-0.2, 0) is 14.3 Å². The zero-order valence-corrected chi connectivity index (χ0v) is 17.7. The average Bonchev–Trinajstić information content (AvgIpc) is 3.06. The number of amides is 2. The molecule has 2 rings (SSSR count). The summed E-state index contributed by atoms with van der Waals surface area (Å²) in [7, 11) is 3.10. The molecule has 7 nitrogen and oxygen atoms in total. The molecule has 154 valence electrons. The summed E-state index contributed by atoms with van der Waals surface area (Å²) < 4.78 is 10.2. The number of likely N-dealkylation sites (N-methyl/N-ethyl adjacent to an activating group) is 1. The maximum Gasteiger partial charge on any atom is 0.341 e. The van der Waals surface area contributed by atoms with E-state index in [-0.39, 0.29) is 19.1 Å². The molecule has 0 aliphatic rings. The number of methoxy groups -OCH3 is 1. The van der Waals surface area contributed by atoms with Gasteiger partial charge in [-0.1, -0.05) is 12.1 Å². The Kier molecular flexibility index (Phi) is 7.97. The normalized spacial score (nSPS) is 10.6. The topological polar surface area (TPSA) is 84.9 Å². The van der Waals surface area contributed by atoms with E-state index < -0.39 is 11.9 Å². The molecular formula is C21H24N2O5S. The second-order valence-electron chi connectivity index (χ2n) is 6.17. The quantitative estimate of drug-likeness (QED) is 0.527. The van der Waals surface area contributed by atoms with E-state index in [1.165, 1.54) is 29.4 Å². The van der Waals surface area contributed by atoms with Gasteiger partial charge in [0.2, 0.25) is 11.8 Å². The van der Waals surface area contributed by atoms with E-state index >= 15 is 0 Å². The van der Waals surface area contributed by atoms with Crippen LogP contribution in [0.5, 0.6) is 5.75 Å². The Morgan fingerprint density at radius 3 is 2.69 bits per heavy atom. The molecule has 0 spiro atoms. The van der Waals surface area contributed by atoms with Crippen LogP contribution in [-0.4, -0.2) is 50.0 Å². The number of aryl methyl sites for hydroxylation is 1. The maximum absolute atomic E-state index is 12.3. The molecule has 0 saturated carbocycles. The van der Waals surface area contributed by atoms with E-state index in [1.807, 2.05) is 25.1 Å². The zero-order valence-electron chi connectivity index (χ0n) is 16.9. The molecule has 2 aromatic rings. The SMILES string of the molecule is CCOC(=O)c1cc(C)sc1NC(=O)CN(C)C(=O)/C=C/c1cccc(OC)c1. The molecule has 0 aliphatic carbocycles. The highest BCUT2D eigenvalue weighted by molar-refractivity contribution is 7.16. The van der Waals surface area contributed by atoms with E-state index in [9.17, 15) is 14.4 Å². The number of esters is 1. The molecule has 1 N–H and O–H groups in total. The van der Waals surface area contributed by atoms with Crippen LogP contribution in [0.3, 0.4) is 0 Å². The van der Waals surface area contributed by atoms with Crippen molar-refractivity contribution >= 4 is 40.2 Å². The summed E-state index contributed by atoms with van der Waals surface area (Å²) in [6.45, 7) is 3.65. The lowest BCUT2D eigenvalue weighted by Gasteiger charge is -2.14. The number of nitrogens with one attached hydrogen (secondary N) is 1. The summed E-state index contributed by atoms with van der Waals surface area (Å²) in [5.74, 6) is -0.521. The maximum atomic E-state index is 12.3. The van der Waals surface area contributed by atoms with Gasteiger partial charge in [0, 0.05) is 18.0 Å². The Balaban J connectivity index is 1.97. The minimum absolute atomic E-state index is 0.152. The monoisotopic (exact) mass is 416 g/mol. The van der Waals surface area contributed by atoms with Gasteiger partial charge in [-0.25, -0.2) is 4.79 Å². The molecular weight excluding hydrogens is 392 g/mol. The number of hydrogen-bond acceptors (Lipinski definition) is 6. The van der Waals surface area contributed by atoms with E-state index in [1.54, 1.807) is 32.2 Å². The predicted octanol–water partition coefficient (Wildman–Crippen LogP) is 3.35. The smallest absolute Gasteiger partial charge is 0.341 e. The van der Waals surface area contributed by atoms with Gasteiger partial charge in [0.25, 0.3) is 0 Å². The number of ether oxygens (including phenoxy) is 2. The molecule has 0 bridgehead atoms. The number of rotatable bonds is 8. The summed E-state index contributed by atoms with van der Waals surface area (Å²) in [5, 5.41) is 3.11. The fourth-order valence-electron chi connectivity index (χ4n) is 2.47. The lowest BCUT2D eigenvalue weighted by Crippen LogP contribution is -2.34. The van der Waals surface area contributed by atoms with Crippen molar-refractivity contribution in [1.29, 1.82) is 0 Å². The van der Waals surface area contributed by atoms with Gasteiger partial charge < -0.3 is 19.7 Å². The van der Waals surface area contributed by atoms with E-state index in [2.05, 4.69) is 5.32 Å². The summed E-state index contributed by atoms with van der Waals surface area (Å²) in [5.41, 5.74) is 1.12. The molecule has 0 saturated heterocycles. The minimum atomic E-state index is -0.488. The van der Waals surface area contributed by atoms with Gasteiger partial charge in [0.1, 0.15) is 10.8 Å². The molecule has 29 heavy (non-hydrogen) atoms. The first-order valence-electron chi connectivity index (χ1n) is 8.98. The number of thiophene rings is 1. The molecule has 0 aliphatic heterocycles. The van der Waals surface area contributed by atoms with Crippen molar-refractivity contribution in [1.82, 2.24) is 4.90 Å². The molecule has 2 amide bonds. The van der Waals surface area contributed by atoms with Gasteiger partial charge >= 0.3 is 5.97 Å². The van der Waals surface area contributed by atoms with Gasteiger partial charge in [-0.15, -0.1) is 11.3 Å². The first-order valence-corrected chi connectivity index (χ1v) is 9.80. The Hall–Kier alpha value is -3.13. The largest absolute Gasteiger partial charge is 0.497 e. The van der Waals surface area contributed by atoms with Crippen LogP contribution >= 0.6 is 11.3 Å². The molecule has 0 fully saturated rings. The number of benzene rings is 1. The van der Waals surface area contributed by atoms with Gasteiger partial charge in [-0.05, 0) is 43.7 Å². The third-order valence-corrected chi connectivity index (χ3v) is 4.84. The number of nitrogens with zero attached hydrogens (tertiary/aromatic N) is 1. The summed E-state index contributed by atoms with van der Waals surface area (Å²) in [6, 6.07) is 8.95. The highest BCUT2D eigenvalue weighted by Crippen LogP contribution is 2.28. The molecule has 8 heteroatoms. The summed E-state index contributed by atoms with van der Waals surface area (Å²) in [6.07, 6.45) is 3.04. The first-order chi connectivity index (χ1) is 13.8. The summed E-state index contributed by atoms with van der Waals surface area (Å²) >= 11 is 1.28. The van der Waals surface area contributed by atoms with Crippen molar-refractivity contribution in [2.75, 3.05) is 32.6 Å². The number of carbonyl (C=O) groups excluding carboxylic acids is 3. The van der Waals surface area contributed by atoms with Crippen LogP contribution in [0.15, 0.2) is 36.4 Å². The predicted molar refractivity (Wildman–Crippen MR) is 113 cm³/mol. The van der Waals surface area contributed by atoms with Crippen LogP contribution in [0.25, 0.3) is 6.08 Å². The molecule has 1 aromatic carbocycles. The van der Waals surface area contributed by atoms with Crippen molar-refractivity contribution in [3.8, 4) is 5.75 Å². The summed E-state index contributed by atoms with van der Waals surface area (Å²) in [4.78, 5) is 38.8. The highest BCUT2D eigenvalue weighted by atomic mass is 32.1. The lowest BCUT2D eigenvalue weighted by atomic mass is 10.2.